The fourth-order valence-electron chi connectivity index (χ4n) is 2.04. The van der Waals surface area contributed by atoms with E-state index in [-0.39, 0.29) is 41.9 Å². The standard InChI is InChI=1S/C13H9NO4S.Na.H/c15-13-10(9-3-1-2-4-11(9)14-13)7-8-5-6-12(18-8)19(16)17;;/h1-8H,(H,14,15);;/q;+1;-1. The fraction of sp³-hybridized carbons (Fsp3) is 0.0769. The summed E-state index contributed by atoms with van der Waals surface area (Å²) in [5.41, 5.74) is 2.03. The first-order valence-corrected chi connectivity index (χ1v) is 6.66. The minimum atomic E-state index is -2.39. The second kappa shape index (κ2) is 6.07. The molecule has 20 heavy (non-hydrogen) atoms. The molecule has 0 radical (unpaired) electrons. The zero-order chi connectivity index (χ0) is 13.4. The third-order valence-electron chi connectivity index (χ3n) is 2.88. The Balaban J connectivity index is 0.00000110. The van der Waals surface area contributed by atoms with Gasteiger partial charge in [-0.25, -0.2) is 0 Å². The molecule has 1 unspecified atom stereocenters. The summed E-state index contributed by atoms with van der Waals surface area (Å²) in [7, 11) is -2.39. The summed E-state index contributed by atoms with van der Waals surface area (Å²) >= 11 is 0. The number of anilines is 1. The van der Waals surface area contributed by atoms with Gasteiger partial charge in [0, 0.05) is 16.8 Å². The van der Waals surface area contributed by atoms with Gasteiger partial charge in [-0.05, 0) is 24.3 Å². The number of carbonyl (C=O) groups is 1. The van der Waals surface area contributed by atoms with Crippen LogP contribution in [0.5, 0.6) is 0 Å². The maximum absolute atomic E-state index is 11.8. The average Bonchev–Trinajstić information content (AvgIpc) is 2.96. The molecule has 7 heteroatoms. The molecule has 0 saturated carbocycles. The number of carbonyl (C=O) groups excluding carboxylic acids is 1. The average molecular weight is 299 g/mol. The Morgan fingerprint density at radius 1 is 1.30 bits per heavy atom. The first-order valence-electron chi connectivity index (χ1n) is 5.59. The summed E-state index contributed by atoms with van der Waals surface area (Å²) < 4.78 is 26.7. The van der Waals surface area contributed by atoms with Crippen molar-refractivity contribution in [1.29, 1.82) is 0 Å². The van der Waals surface area contributed by atoms with Crippen molar-refractivity contribution in [2.24, 2.45) is 0 Å². The molecule has 2 aliphatic rings. The maximum atomic E-state index is 11.8. The van der Waals surface area contributed by atoms with E-state index in [1.165, 1.54) is 6.08 Å². The first kappa shape index (κ1) is 15.2. The quantitative estimate of drug-likeness (QED) is 0.374. The molecule has 5 nitrogen and oxygen atoms in total. The van der Waals surface area contributed by atoms with E-state index in [4.69, 9.17) is 4.74 Å². The zero-order valence-electron chi connectivity index (χ0n) is 11.7. The molecule has 1 N–H and O–H groups in total. The molecule has 98 valence electrons. The van der Waals surface area contributed by atoms with Gasteiger partial charge in [0.05, 0.1) is 0 Å². The Morgan fingerprint density at radius 2 is 2.05 bits per heavy atom. The van der Waals surface area contributed by atoms with Crippen molar-refractivity contribution in [3.05, 3.63) is 48.1 Å². The van der Waals surface area contributed by atoms with Crippen LogP contribution in [0.15, 0.2) is 42.5 Å². The van der Waals surface area contributed by atoms with E-state index in [0.717, 1.165) is 11.3 Å². The van der Waals surface area contributed by atoms with E-state index in [1.807, 2.05) is 24.3 Å². The van der Waals surface area contributed by atoms with Crippen LogP contribution in [0.2, 0.25) is 0 Å². The largest absolute Gasteiger partial charge is 1.00 e. The Morgan fingerprint density at radius 3 is 2.75 bits per heavy atom. The van der Waals surface area contributed by atoms with Gasteiger partial charge in [0.1, 0.15) is 6.10 Å². The smallest absolute Gasteiger partial charge is 1.00 e. The van der Waals surface area contributed by atoms with Crippen molar-refractivity contribution in [2.45, 2.75) is 6.10 Å². The van der Waals surface area contributed by atoms with E-state index >= 15 is 0 Å². The molecule has 0 fully saturated rings. The predicted molar refractivity (Wildman–Crippen MR) is 72.1 cm³/mol. The zero-order valence-corrected chi connectivity index (χ0v) is 13.5. The molecular formula is C13H10NNaO4S. The summed E-state index contributed by atoms with van der Waals surface area (Å²) in [6.07, 6.45) is 4.04. The molecule has 1 amide bonds. The van der Waals surface area contributed by atoms with Crippen molar-refractivity contribution in [3.8, 4) is 0 Å². The predicted octanol–water partition coefficient (Wildman–Crippen LogP) is -1.90. The van der Waals surface area contributed by atoms with Gasteiger partial charge in [0.15, 0.2) is 5.05 Å². The van der Waals surface area contributed by atoms with E-state index in [2.05, 4.69) is 5.32 Å². The van der Waals surface area contributed by atoms with Crippen molar-refractivity contribution in [3.63, 3.8) is 0 Å². The molecule has 3 rings (SSSR count). The van der Waals surface area contributed by atoms with Gasteiger partial charge < -0.3 is 11.5 Å². The molecule has 1 aromatic rings. The summed E-state index contributed by atoms with van der Waals surface area (Å²) in [5, 5.41) is 2.62. The molecule has 0 aromatic heterocycles. The van der Waals surface area contributed by atoms with Crippen molar-refractivity contribution in [1.82, 2.24) is 0 Å². The van der Waals surface area contributed by atoms with Gasteiger partial charge in [-0.1, -0.05) is 18.2 Å². The van der Waals surface area contributed by atoms with Crippen LogP contribution in [-0.4, -0.2) is 25.5 Å². The second-order valence-corrected chi connectivity index (χ2v) is 4.95. The molecule has 0 spiro atoms. The van der Waals surface area contributed by atoms with Crippen LogP contribution in [0.3, 0.4) is 0 Å². The van der Waals surface area contributed by atoms with E-state index in [9.17, 15) is 13.2 Å². The molecule has 1 aromatic carbocycles. The Hall–Kier alpha value is -1.18. The molecule has 1 atom stereocenters. The van der Waals surface area contributed by atoms with E-state index < -0.39 is 16.4 Å². The van der Waals surface area contributed by atoms with Gasteiger partial charge in [-0.3, -0.25) is 4.79 Å². The van der Waals surface area contributed by atoms with Gasteiger partial charge in [0.2, 0.25) is 10.3 Å². The third kappa shape index (κ3) is 2.79. The van der Waals surface area contributed by atoms with E-state index in [1.54, 1.807) is 12.2 Å². The van der Waals surface area contributed by atoms with Crippen molar-refractivity contribution < 1.29 is 48.9 Å². The second-order valence-electron chi connectivity index (χ2n) is 4.08. The number of hydrogen-bond acceptors (Lipinski definition) is 4. The Labute approximate surface area is 140 Å². The molecule has 2 aliphatic heterocycles. The molecule has 0 aliphatic carbocycles. The third-order valence-corrected chi connectivity index (χ3v) is 3.44. The number of benzene rings is 1. The first-order chi connectivity index (χ1) is 9.15. The van der Waals surface area contributed by atoms with Crippen molar-refractivity contribution in [2.75, 3.05) is 5.32 Å². The minimum Gasteiger partial charge on any atom is -1.00 e. The Bertz CT molecular complexity index is 762. The van der Waals surface area contributed by atoms with Crippen LogP contribution in [0.1, 0.15) is 6.99 Å². The van der Waals surface area contributed by atoms with Crippen LogP contribution in [0, 0.1) is 0 Å². The SMILES string of the molecule is O=C1Nc2ccccc2C1=CC1C=CC(=S(=O)=O)O1.[H-].[Na+]. The van der Waals surface area contributed by atoms with Crippen LogP contribution in [0.25, 0.3) is 5.57 Å². The number of hydrogen-bond donors (Lipinski definition) is 1. The van der Waals surface area contributed by atoms with E-state index in [0.29, 0.717) is 5.57 Å². The summed E-state index contributed by atoms with van der Waals surface area (Å²) in [6, 6.07) is 7.31. The van der Waals surface area contributed by atoms with Gasteiger partial charge in [-0.2, -0.15) is 8.42 Å². The molecule has 0 bridgehead atoms. The number of amides is 1. The Kier molecular flexibility index (Phi) is 4.62. The van der Waals surface area contributed by atoms with Crippen LogP contribution < -0.4 is 34.9 Å². The van der Waals surface area contributed by atoms with Gasteiger partial charge >= 0.3 is 29.6 Å². The molecule has 2 heterocycles. The van der Waals surface area contributed by atoms with Crippen LogP contribution in [0.4, 0.5) is 5.69 Å². The number of nitrogens with one attached hydrogen (secondary N) is 1. The van der Waals surface area contributed by atoms with Crippen molar-refractivity contribution >= 4 is 32.5 Å². The number of para-hydroxylation sites is 1. The summed E-state index contributed by atoms with van der Waals surface area (Å²) in [5.74, 6) is -0.213. The van der Waals surface area contributed by atoms with Crippen LogP contribution in [-0.2, 0) is 19.8 Å². The fourth-order valence-corrected chi connectivity index (χ4v) is 2.42. The van der Waals surface area contributed by atoms with Gasteiger partial charge in [-0.15, -0.1) is 0 Å². The topological polar surface area (TPSA) is 72.5 Å². The number of fused-ring (bicyclic) bond motifs is 1. The normalized spacial score (nSPS) is 21.6. The number of rotatable bonds is 1. The monoisotopic (exact) mass is 299 g/mol. The maximum Gasteiger partial charge on any atom is 1.00 e. The number of ether oxygens (including phenoxy) is 1. The summed E-state index contributed by atoms with van der Waals surface area (Å²) in [6.45, 7) is 0. The summed E-state index contributed by atoms with van der Waals surface area (Å²) in [4.78, 5) is 11.8. The molecular weight excluding hydrogens is 289 g/mol. The van der Waals surface area contributed by atoms with Gasteiger partial charge in [0.25, 0.3) is 5.91 Å². The minimum absolute atomic E-state index is 0. The van der Waals surface area contributed by atoms with Crippen LogP contribution >= 0.6 is 0 Å². The molecule has 0 saturated heterocycles.